The van der Waals surface area contributed by atoms with Crippen molar-refractivity contribution >= 4 is 5.82 Å². The first-order chi connectivity index (χ1) is 11.9. The molecule has 0 N–H and O–H groups in total. The standard InChI is InChI=1S/C17H19F3N4O/c1-12-16(22-7-6-21-12)25-11-13-4-8-24(9-5-13)15-3-2-14(10-23-15)17(18,19)20/h2-3,6-7,10,13H,4-5,8-9,11H2,1H3. The lowest BCUT2D eigenvalue weighted by Gasteiger charge is -2.32. The van der Waals surface area contributed by atoms with Gasteiger partial charge in [-0.2, -0.15) is 13.2 Å². The molecule has 0 atom stereocenters. The van der Waals surface area contributed by atoms with E-state index in [-0.39, 0.29) is 0 Å². The Hall–Kier alpha value is -2.38. The number of pyridine rings is 1. The molecule has 0 spiro atoms. The zero-order valence-corrected chi connectivity index (χ0v) is 13.8. The van der Waals surface area contributed by atoms with Crippen LogP contribution in [0.5, 0.6) is 5.88 Å². The molecule has 2 aromatic heterocycles. The quantitative estimate of drug-likeness (QED) is 0.843. The molecule has 2 aromatic rings. The van der Waals surface area contributed by atoms with Crippen molar-refractivity contribution < 1.29 is 17.9 Å². The first-order valence-corrected chi connectivity index (χ1v) is 8.12. The van der Waals surface area contributed by atoms with Crippen molar-refractivity contribution in [3.63, 3.8) is 0 Å². The number of hydrogen-bond donors (Lipinski definition) is 0. The van der Waals surface area contributed by atoms with E-state index in [1.54, 1.807) is 12.4 Å². The number of hydrogen-bond acceptors (Lipinski definition) is 5. The molecule has 0 bridgehead atoms. The van der Waals surface area contributed by atoms with Gasteiger partial charge in [-0.15, -0.1) is 0 Å². The van der Waals surface area contributed by atoms with Crippen molar-refractivity contribution in [3.8, 4) is 5.88 Å². The topological polar surface area (TPSA) is 51.1 Å². The Morgan fingerprint density at radius 2 is 1.84 bits per heavy atom. The largest absolute Gasteiger partial charge is 0.476 e. The van der Waals surface area contributed by atoms with Gasteiger partial charge in [0.2, 0.25) is 5.88 Å². The zero-order chi connectivity index (χ0) is 17.9. The SMILES string of the molecule is Cc1nccnc1OCC1CCN(c2ccc(C(F)(F)F)cn2)CC1. The molecule has 0 radical (unpaired) electrons. The van der Waals surface area contributed by atoms with E-state index >= 15 is 0 Å². The van der Waals surface area contributed by atoms with Crippen molar-refractivity contribution in [2.45, 2.75) is 25.9 Å². The van der Waals surface area contributed by atoms with Gasteiger partial charge >= 0.3 is 6.18 Å². The second-order valence-corrected chi connectivity index (χ2v) is 6.09. The number of nitrogens with zero attached hydrogens (tertiary/aromatic N) is 4. The molecule has 1 fully saturated rings. The normalized spacial score (nSPS) is 16.1. The molecule has 3 heterocycles. The molecule has 8 heteroatoms. The van der Waals surface area contributed by atoms with Crippen LogP contribution < -0.4 is 9.64 Å². The van der Waals surface area contributed by atoms with Gasteiger partial charge in [-0.1, -0.05) is 0 Å². The minimum atomic E-state index is -4.35. The fraction of sp³-hybridized carbons (Fsp3) is 0.471. The van der Waals surface area contributed by atoms with Crippen molar-refractivity contribution in [3.05, 3.63) is 42.0 Å². The molecule has 0 aromatic carbocycles. The molecule has 0 saturated carbocycles. The Labute approximate surface area is 143 Å². The fourth-order valence-electron chi connectivity index (χ4n) is 2.80. The first kappa shape index (κ1) is 17.4. The van der Waals surface area contributed by atoms with Crippen molar-refractivity contribution in [2.24, 2.45) is 5.92 Å². The Kier molecular flexibility index (Phi) is 5.06. The number of halogens is 3. The summed E-state index contributed by atoms with van der Waals surface area (Å²) in [6.07, 6.45) is 1.54. The maximum absolute atomic E-state index is 12.6. The van der Waals surface area contributed by atoms with Crippen LogP contribution in [0.1, 0.15) is 24.1 Å². The lowest BCUT2D eigenvalue weighted by atomic mass is 9.98. The molecule has 3 rings (SSSR count). The summed E-state index contributed by atoms with van der Waals surface area (Å²) in [4.78, 5) is 14.3. The van der Waals surface area contributed by atoms with Crippen LogP contribution in [0.15, 0.2) is 30.7 Å². The number of rotatable bonds is 4. The molecule has 0 unspecified atom stereocenters. The second-order valence-electron chi connectivity index (χ2n) is 6.09. The van der Waals surface area contributed by atoms with Crippen molar-refractivity contribution in [2.75, 3.05) is 24.6 Å². The van der Waals surface area contributed by atoms with E-state index in [9.17, 15) is 13.2 Å². The highest BCUT2D eigenvalue weighted by atomic mass is 19.4. The molecular formula is C17H19F3N4O. The van der Waals surface area contributed by atoms with Gasteiger partial charge in [0.05, 0.1) is 17.9 Å². The van der Waals surface area contributed by atoms with Gasteiger partial charge in [0.25, 0.3) is 0 Å². The third-order valence-electron chi connectivity index (χ3n) is 4.31. The van der Waals surface area contributed by atoms with Gasteiger partial charge in [-0.3, -0.25) is 4.98 Å². The number of anilines is 1. The first-order valence-electron chi connectivity index (χ1n) is 8.12. The van der Waals surface area contributed by atoms with Crippen LogP contribution in [-0.4, -0.2) is 34.6 Å². The summed E-state index contributed by atoms with van der Waals surface area (Å²) in [5.74, 6) is 1.51. The van der Waals surface area contributed by atoms with Gasteiger partial charge in [-0.05, 0) is 37.8 Å². The van der Waals surface area contributed by atoms with E-state index in [2.05, 4.69) is 15.0 Å². The smallest absolute Gasteiger partial charge is 0.417 e. The maximum Gasteiger partial charge on any atom is 0.417 e. The van der Waals surface area contributed by atoms with E-state index in [1.807, 2.05) is 11.8 Å². The number of aromatic nitrogens is 3. The van der Waals surface area contributed by atoms with Crippen LogP contribution in [0, 0.1) is 12.8 Å². The highest BCUT2D eigenvalue weighted by Crippen LogP contribution is 2.30. The fourth-order valence-corrected chi connectivity index (χ4v) is 2.80. The van der Waals surface area contributed by atoms with Gasteiger partial charge < -0.3 is 9.64 Å². The van der Waals surface area contributed by atoms with Crippen LogP contribution in [0.4, 0.5) is 19.0 Å². The lowest BCUT2D eigenvalue weighted by molar-refractivity contribution is -0.137. The van der Waals surface area contributed by atoms with E-state index in [0.717, 1.165) is 43.9 Å². The van der Waals surface area contributed by atoms with Crippen LogP contribution in [0.25, 0.3) is 0 Å². The Bertz CT molecular complexity index is 698. The molecule has 134 valence electrons. The summed E-state index contributed by atoms with van der Waals surface area (Å²) >= 11 is 0. The molecule has 1 aliphatic rings. The number of aryl methyl sites for hydroxylation is 1. The van der Waals surface area contributed by atoms with Crippen LogP contribution in [0.3, 0.4) is 0 Å². The zero-order valence-electron chi connectivity index (χ0n) is 13.8. The predicted molar refractivity (Wildman–Crippen MR) is 86.4 cm³/mol. The van der Waals surface area contributed by atoms with Crippen molar-refractivity contribution in [1.29, 1.82) is 0 Å². The Balaban J connectivity index is 1.51. The number of piperidine rings is 1. The van der Waals surface area contributed by atoms with Crippen LogP contribution >= 0.6 is 0 Å². The second kappa shape index (κ2) is 7.25. The molecule has 1 saturated heterocycles. The minimum Gasteiger partial charge on any atom is -0.476 e. The third kappa shape index (κ3) is 4.37. The molecule has 5 nitrogen and oxygen atoms in total. The van der Waals surface area contributed by atoms with E-state index in [4.69, 9.17) is 4.74 Å². The van der Waals surface area contributed by atoms with Gasteiger partial charge in [0.15, 0.2) is 0 Å². The monoisotopic (exact) mass is 352 g/mol. The summed E-state index contributed by atoms with van der Waals surface area (Å²) in [5, 5.41) is 0. The molecule has 0 aliphatic carbocycles. The minimum absolute atomic E-state index is 0.382. The summed E-state index contributed by atoms with van der Waals surface area (Å²) in [5.41, 5.74) is 0.0350. The number of alkyl halides is 3. The van der Waals surface area contributed by atoms with E-state index in [1.165, 1.54) is 6.07 Å². The van der Waals surface area contributed by atoms with Crippen molar-refractivity contribution in [1.82, 2.24) is 15.0 Å². The predicted octanol–water partition coefficient (Wildman–Crippen LogP) is 3.49. The summed E-state index contributed by atoms with van der Waals surface area (Å²) in [7, 11) is 0. The molecule has 25 heavy (non-hydrogen) atoms. The van der Waals surface area contributed by atoms with Gasteiger partial charge in [0.1, 0.15) is 5.82 Å². The molecular weight excluding hydrogens is 333 g/mol. The average molecular weight is 352 g/mol. The van der Waals surface area contributed by atoms with Crippen LogP contribution in [-0.2, 0) is 6.18 Å². The highest BCUT2D eigenvalue weighted by Gasteiger charge is 2.31. The van der Waals surface area contributed by atoms with E-state index < -0.39 is 11.7 Å². The van der Waals surface area contributed by atoms with Gasteiger partial charge in [0, 0.05) is 31.7 Å². The molecule has 1 aliphatic heterocycles. The summed E-state index contributed by atoms with van der Waals surface area (Å²) in [6, 6.07) is 2.51. The van der Waals surface area contributed by atoms with Gasteiger partial charge in [-0.25, -0.2) is 9.97 Å². The molecule has 0 amide bonds. The summed E-state index contributed by atoms with van der Waals surface area (Å²) < 4.78 is 43.5. The Morgan fingerprint density at radius 3 is 2.44 bits per heavy atom. The van der Waals surface area contributed by atoms with E-state index in [0.29, 0.717) is 24.2 Å². The maximum atomic E-state index is 12.6. The number of ether oxygens (including phenoxy) is 1. The summed E-state index contributed by atoms with van der Waals surface area (Å²) in [6.45, 7) is 3.90. The highest BCUT2D eigenvalue weighted by molar-refractivity contribution is 5.40. The third-order valence-corrected chi connectivity index (χ3v) is 4.31. The lowest BCUT2D eigenvalue weighted by Crippen LogP contribution is -2.36. The van der Waals surface area contributed by atoms with Crippen LogP contribution in [0.2, 0.25) is 0 Å². The Morgan fingerprint density at radius 1 is 1.12 bits per heavy atom. The average Bonchev–Trinajstić information content (AvgIpc) is 2.61.